The summed E-state index contributed by atoms with van der Waals surface area (Å²) in [6, 6.07) is 1.61. The van der Waals surface area contributed by atoms with Crippen molar-refractivity contribution in [1.82, 2.24) is 10.2 Å². The van der Waals surface area contributed by atoms with E-state index in [0.717, 1.165) is 18.0 Å². The van der Waals surface area contributed by atoms with Crippen LogP contribution in [0.3, 0.4) is 0 Å². The van der Waals surface area contributed by atoms with Crippen LogP contribution in [0, 0.1) is 5.92 Å². The zero-order valence-electron chi connectivity index (χ0n) is 11.0. The van der Waals surface area contributed by atoms with E-state index in [2.05, 4.69) is 24.3 Å². The summed E-state index contributed by atoms with van der Waals surface area (Å²) in [4.78, 5) is 2.41. The highest BCUT2D eigenvalue weighted by atomic mass is 15.1. The molecule has 0 spiro atoms. The maximum Gasteiger partial charge on any atom is 0.0104 e. The third-order valence-corrected chi connectivity index (χ3v) is 4.55. The Bertz CT molecular complexity index is 197. The predicted molar refractivity (Wildman–Crippen MR) is 69.7 cm³/mol. The summed E-state index contributed by atoms with van der Waals surface area (Å²) in [5, 5.41) is 3.82. The number of hydrogen-bond acceptors (Lipinski definition) is 2. The number of nitrogens with zero attached hydrogens (tertiary/aromatic N) is 1. The molecule has 0 saturated heterocycles. The number of hydrogen-bond donors (Lipinski definition) is 1. The molecule has 1 N–H and O–H groups in total. The van der Waals surface area contributed by atoms with Crippen LogP contribution in [0.2, 0.25) is 0 Å². The molecule has 0 bridgehead atoms. The van der Waals surface area contributed by atoms with Crippen LogP contribution in [0.4, 0.5) is 0 Å². The molecule has 0 aromatic heterocycles. The molecule has 2 unspecified atom stereocenters. The first-order valence-corrected chi connectivity index (χ1v) is 7.15. The molecule has 0 aromatic carbocycles. The van der Waals surface area contributed by atoms with Gasteiger partial charge >= 0.3 is 0 Å². The van der Waals surface area contributed by atoms with E-state index in [1.165, 1.54) is 57.9 Å². The third kappa shape index (κ3) is 3.46. The van der Waals surface area contributed by atoms with Crippen molar-refractivity contribution in [3.63, 3.8) is 0 Å². The number of nitrogens with one attached hydrogen (secondary N) is 1. The van der Waals surface area contributed by atoms with Gasteiger partial charge in [0.2, 0.25) is 0 Å². The molecule has 2 rings (SSSR count). The molecule has 0 radical (unpaired) electrons. The Morgan fingerprint density at radius 2 is 1.75 bits per heavy atom. The van der Waals surface area contributed by atoms with Crippen LogP contribution < -0.4 is 5.32 Å². The summed E-state index contributed by atoms with van der Waals surface area (Å²) in [5.74, 6) is 0.986. The highest BCUT2D eigenvalue weighted by Crippen LogP contribution is 2.25. The van der Waals surface area contributed by atoms with Gasteiger partial charge in [-0.05, 0) is 58.7 Å². The molecule has 94 valence electrons. The maximum absolute atomic E-state index is 3.82. The van der Waals surface area contributed by atoms with Crippen LogP contribution in [-0.2, 0) is 0 Å². The van der Waals surface area contributed by atoms with Gasteiger partial charge in [0.15, 0.2) is 0 Å². The summed E-state index contributed by atoms with van der Waals surface area (Å²) in [5.41, 5.74) is 0. The van der Waals surface area contributed by atoms with Crippen molar-refractivity contribution in [2.24, 2.45) is 5.92 Å². The first-order valence-electron chi connectivity index (χ1n) is 7.15. The van der Waals surface area contributed by atoms with Gasteiger partial charge in [-0.3, -0.25) is 0 Å². The summed E-state index contributed by atoms with van der Waals surface area (Å²) < 4.78 is 0. The van der Waals surface area contributed by atoms with Gasteiger partial charge in [-0.25, -0.2) is 0 Å². The van der Waals surface area contributed by atoms with Gasteiger partial charge in [-0.15, -0.1) is 0 Å². The molecule has 0 aromatic rings. The Hall–Kier alpha value is -0.0800. The minimum Gasteiger partial charge on any atom is -0.314 e. The smallest absolute Gasteiger partial charge is 0.0104 e. The molecule has 0 amide bonds. The second kappa shape index (κ2) is 6.02. The van der Waals surface area contributed by atoms with E-state index in [-0.39, 0.29) is 0 Å². The number of rotatable bonds is 4. The van der Waals surface area contributed by atoms with Crippen LogP contribution in [0.15, 0.2) is 0 Å². The minimum atomic E-state index is 0.793. The van der Waals surface area contributed by atoms with Gasteiger partial charge in [-0.2, -0.15) is 0 Å². The minimum absolute atomic E-state index is 0.793. The lowest BCUT2D eigenvalue weighted by atomic mass is 9.90. The largest absolute Gasteiger partial charge is 0.314 e. The van der Waals surface area contributed by atoms with Gasteiger partial charge in [0.25, 0.3) is 0 Å². The van der Waals surface area contributed by atoms with E-state index in [0.29, 0.717) is 0 Å². The molecule has 2 fully saturated rings. The lowest BCUT2D eigenvalue weighted by Crippen LogP contribution is -2.42. The lowest BCUT2D eigenvalue weighted by Gasteiger charge is -2.34. The van der Waals surface area contributed by atoms with Gasteiger partial charge in [0.05, 0.1) is 0 Å². The topological polar surface area (TPSA) is 15.3 Å². The Morgan fingerprint density at radius 3 is 2.44 bits per heavy atom. The van der Waals surface area contributed by atoms with Crippen LogP contribution in [-0.4, -0.2) is 37.6 Å². The van der Waals surface area contributed by atoms with E-state index in [1.54, 1.807) is 0 Å². The quantitative estimate of drug-likeness (QED) is 0.790. The Morgan fingerprint density at radius 1 is 1.00 bits per heavy atom. The fourth-order valence-corrected chi connectivity index (χ4v) is 3.37. The maximum atomic E-state index is 3.82. The average molecular weight is 224 g/mol. The molecule has 2 saturated carbocycles. The van der Waals surface area contributed by atoms with E-state index >= 15 is 0 Å². The van der Waals surface area contributed by atoms with Gasteiger partial charge in [-0.1, -0.05) is 19.3 Å². The standard InChI is InChI=1S/C14H28N2/c1-16(2)14-9-5-8-13(10-14)15-11-12-6-3-4-7-12/h12-15H,3-11H2,1-2H3. The second-order valence-electron chi connectivity index (χ2n) is 6.04. The van der Waals surface area contributed by atoms with Crippen LogP contribution >= 0.6 is 0 Å². The monoisotopic (exact) mass is 224 g/mol. The Kier molecular flexibility index (Phi) is 4.66. The summed E-state index contributed by atoms with van der Waals surface area (Å²) in [6.45, 7) is 1.28. The second-order valence-corrected chi connectivity index (χ2v) is 6.04. The first kappa shape index (κ1) is 12.4. The van der Waals surface area contributed by atoms with Crippen molar-refractivity contribution in [2.75, 3.05) is 20.6 Å². The molecule has 2 nitrogen and oxygen atoms in total. The Balaban J connectivity index is 1.68. The van der Waals surface area contributed by atoms with E-state index in [4.69, 9.17) is 0 Å². The SMILES string of the molecule is CN(C)C1CCCC(NCC2CCCC2)C1. The van der Waals surface area contributed by atoms with Crippen molar-refractivity contribution in [2.45, 2.75) is 63.5 Å². The zero-order valence-corrected chi connectivity index (χ0v) is 11.0. The van der Waals surface area contributed by atoms with Crippen LogP contribution in [0.5, 0.6) is 0 Å². The van der Waals surface area contributed by atoms with Gasteiger partial charge < -0.3 is 10.2 Å². The van der Waals surface area contributed by atoms with Crippen LogP contribution in [0.1, 0.15) is 51.4 Å². The normalized spacial score (nSPS) is 32.4. The fourth-order valence-electron chi connectivity index (χ4n) is 3.37. The molecule has 2 aliphatic carbocycles. The highest BCUT2D eigenvalue weighted by Gasteiger charge is 2.24. The van der Waals surface area contributed by atoms with Crippen molar-refractivity contribution in [1.29, 1.82) is 0 Å². The molecule has 0 aliphatic heterocycles. The van der Waals surface area contributed by atoms with E-state index in [9.17, 15) is 0 Å². The molecule has 2 heteroatoms. The fraction of sp³-hybridized carbons (Fsp3) is 1.00. The van der Waals surface area contributed by atoms with Crippen molar-refractivity contribution in [3.8, 4) is 0 Å². The predicted octanol–water partition coefficient (Wildman–Crippen LogP) is 2.64. The van der Waals surface area contributed by atoms with E-state index < -0.39 is 0 Å². The molecular formula is C14H28N2. The lowest BCUT2D eigenvalue weighted by molar-refractivity contribution is 0.195. The molecule has 2 aliphatic rings. The van der Waals surface area contributed by atoms with Crippen molar-refractivity contribution < 1.29 is 0 Å². The van der Waals surface area contributed by atoms with E-state index in [1.807, 2.05) is 0 Å². The van der Waals surface area contributed by atoms with Gasteiger partial charge in [0.1, 0.15) is 0 Å². The van der Waals surface area contributed by atoms with Crippen LogP contribution in [0.25, 0.3) is 0 Å². The first-order chi connectivity index (χ1) is 7.75. The molecule has 16 heavy (non-hydrogen) atoms. The summed E-state index contributed by atoms with van der Waals surface area (Å²) >= 11 is 0. The van der Waals surface area contributed by atoms with Crippen molar-refractivity contribution >= 4 is 0 Å². The third-order valence-electron chi connectivity index (χ3n) is 4.55. The summed E-state index contributed by atoms with van der Waals surface area (Å²) in [7, 11) is 4.45. The molecular weight excluding hydrogens is 196 g/mol. The van der Waals surface area contributed by atoms with Crippen molar-refractivity contribution in [3.05, 3.63) is 0 Å². The molecule has 2 atom stereocenters. The zero-order chi connectivity index (χ0) is 11.4. The average Bonchev–Trinajstić information content (AvgIpc) is 2.79. The summed E-state index contributed by atoms with van der Waals surface area (Å²) in [6.07, 6.45) is 11.4. The highest BCUT2D eigenvalue weighted by molar-refractivity contribution is 4.83. The van der Waals surface area contributed by atoms with Gasteiger partial charge in [0, 0.05) is 12.1 Å². The Labute approximate surface area is 101 Å². The molecule has 0 heterocycles.